The molecule has 7 nitrogen and oxygen atoms in total. The van der Waals surface area contributed by atoms with E-state index < -0.39 is 0 Å². The number of nitrogens with one attached hydrogen (secondary N) is 1. The lowest BCUT2D eigenvalue weighted by atomic mass is 10.0. The fraction of sp³-hybridized carbons (Fsp3) is 0.120. The molecule has 0 saturated carbocycles. The van der Waals surface area contributed by atoms with Gasteiger partial charge in [0.15, 0.2) is 5.78 Å². The molecule has 2 aromatic carbocycles. The van der Waals surface area contributed by atoms with Crippen molar-refractivity contribution in [3.63, 3.8) is 0 Å². The number of H-pyrrole nitrogens is 1. The van der Waals surface area contributed by atoms with Crippen LogP contribution in [0.1, 0.15) is 27.0 Å². The molecule has 34 heavy (non-hydrogen) atoms. The number of allylic oxidation sites excluding steroid dienone is 1. The van der Waals surface area contributed by atoms with Gasteiger partial charge in [-0.1, -0.05) is 29.8 Å². The molecule has 0 aliphatic carbocycles. The van der Waals surface area contributed by atoms with Gasteiger partial charge in [0.1, 0.15) is 5.75 Å². The zero-order valence-electron chi connectivity index (χ0n) is 18.1. The Morgan fingerprint density at radius 2 is 2.00 bits per heavy atom. The largest absolute Gasteiger partial charge is 0.496 e. The molecule has 0 aliphatic heterocycles. The normalized spacial score (nSPS) is 11.3. The Kier molecular flexibility index (Phi) is 7.14. The van der Waals surface area contributed by atoms with Crippen molar-refractivity contribution in [3.05, 3.63) is 97.9 Å². The minimum Gasteiger partial charge on any atom is -0.496 e. The van der Waals surface area contributed by atoms with Crippen LogP contribution in [0.25, 0.3) is 22.3 Å². The van der Waals surface area contributed by atoms with E-state index in [1.807, 2.05) is 6.07 Å². The number of benzene rings is 2. The number of methoxy groups -OCH3 is 1. The van der Waals surface area contributed by atoms with Gasteiger partial charge in [-0.05, 0) is 53.6 Å². The quantitative estimate of drug-likeness (QED) is 0.247. The van der Waals surface area contributed by atoms with E-state index in [9.17, 15) is 19.8 Å². The molecule has 0 amide bonds. The number of hydrogen-bond acceptors (Lipinski definition) is 6. The molecule has 9 heteroatoms. The van der Waals surface area contributed by atoms with E-state index in [-0.39, 0.29) is 24.7 Å². The molecule has 2 heterocycles. The summed E-state index contributed by atoms with van der Waals surface area (Å²) < 4.78 is 7.35. The Hall–Kier alpha value is -3.43. The van der Waals surface area contributed by atoms with E-state index in [0.29, 0.717) is 43.7 Å². The van der Waals surface area contributed by atoms with Crippen LogP contribution in [-0.2, 0) is 13.2 Å². The molecule has 4 rings (SSSR count). The summed E-state index contributed by atoms with van der Waals surface area (Å²) in [6.45, 7) is -0.538. The molecule has 0 radical (unpaired) electrons. The van der Waals surface area contributed by atoms with E-state index in [4.69, 9.17) is 16.3 Å². The van der Waals surface area contributed by atoms with Gasteiger partial charge in [-0.2, -0.15) is 0 Å². The number of imidazole rings is 1. The molecule has 0 unspecified atom stereocenters. The predicted molar refractivity (Wildman–Crippen MR) is 133 cm³/mol. The maximum absolute atomic E-state index is 12.8. The van der Waals surface area contributed by atoms with E-state index in [0.717, 1.165) is 4.88 Å². The van der Waals surface area contributed by atoms with Crippen LogP contribution in [-0.4, -0.2) is 32.7 Å². The Labute approximate surface area is 204 Å². The highest BCUT2D eigenvalue weighted by molar-refractivity contribution is 7.19. The second kappa shape index (κ2) is 10.2. The topological polar surface area (TPSA) is 105 Å². The molecular formula is C25H21ClN2O5S. The summed E-state index contributed by atoms with van der Waals surface area (Å²) in [5.41, 5.74) is 2.93. The average Bonchev–Trinajstić information content (AvgIpc) is 3.47. The van der Waals surface area contributed by atoms with Crippen LogP contribution in [0, 0.1) is 0 Å². The summed E-state index contributed by atoms with van der Waals surface area (Å²) in [5.74, 6) is 0.171. The minimum atomic E-state index is -0.327. The number of carbonyl (C=O) groups is 1. The summed E-state index contributed by atoms with van der Waals surface area (Å²) in [6.07, 6.45) is 4.70. The van der Waals surface area contributed by atoms with Gasteiger partial charge in [-0.3, -0.25) is 9.36 Å². The molecule has 4 aromatic rings. The number of ketones is 1. The molecule has 0 spiro atoms. The first kappa shape index (κ1) is 23.7. The number of thiophene rings is 1. The van der Waals surface area contributed by atoms with Crippen molar-refractivity contribution in [2.45, 2.75) is 13.2 Å². The van der Waals surface area contributed by atoms with Gasteiger partial charge in [0.25, 0.3) is 0 Å². The first-order valence-corrected chi connectivity index (χ1v) is 11.4. The SMILES string of the molecule is COc1cc(C=CC(=O)c2cccc(-n3cc(-c4ccc(Cl)s4)[nH]c3=O)c2)cc(CO)c1CO. The van der Waals surface area contributed by atoms with E-state index >= 15 is 0 Å². The van der Waals surface area contributed by atoms with Gasteiger partial charge in [0, 0.05) is 17.3 Å². The van der Waals surface area contributed by atoms with E-state index in [2.05, 4.69) is 4.98 Å². The molecular weight excluding hydrogens is 476 g/mol. The van der Waals surface area contributed by atoms with Crippen LogP contribution in [0.2, 0.25) is 4.34 Å². The van der Waals surface area contributed by atoms with Gasteiger partial charge in [-0.15, -0.1) is 11.3 Å². The Bertz CT molecular complexity index is 1410. The molecule has 0 saturated heterocycles. The van der Waals surface area contributed by atoms with Crippen molar-refractivity contribution in [3.8, 4) is 22.0 Å². The summed E-state index contributed by atoms with van der Waals surface area (Å²) in [5, 5.41) is 19.1. The highest BCUT2D eigenvalue weighted by atomic mass is 35.5. The first-order chi connectivity index (χ1) is 16.4. The number of halogens is 1. The van der Waals surface area contributed by atoms with Gasteiger partial charge in [0.2, 0.25) is 0 Å². The lowest BCUT2D eigenvalue weighted by Crippen LogP contribution is -2.14. The molecule has 3 N–H and O–H groups in total. The van der Waals surface area contributed by atoms with Crippen LogP contribution in [0.5, 0.6) is 5.75 Å². The third-order valence-corrected chi connectivity index (χ3v) is 6.53. The number of nitrogens with zero attached hydrogens (tertiary/aromatic N) is 1. The Balaban J connectivity index is 1.60. The van der Waals surface area contributed by atoms with Crippen molar-refractivity contribution in [1.82, 2.24) is 9.55 Å². The number of aromatic amines is 1. The lowest BCUT2D eigenvalue weighted by Gasteiger charge is -2.12. The summed E-state index contributed by atoms with van der Waals surface area (Å²) in [7, 11) is 1.47. The van der Waals surface area contributed by atoms with Gasteiger partial charge >= 0.3 is 5.69 Å². The molecule has 0 atom stereocenters. The maximum Gasteiger partial charge on any atom is 0.330 e. The van der Waals surface area contributed by atoms with Crippen molar-refractivity contribution in [2.75, 3.05) is 7.11 Å². The van der Waals surface area contributed by atoms with Crippen LogP contribution in [0.3, 0.4) is 0 Å². The van der Waals surface area contributed by atoms with Crippen LogP contribution < -0.4 is 10.4 Å². The maximum atomic E-state index is 12.8. The number of carbonyl (C=O) groups excluding carboxylic acids is 1. The summed E-state index contributed by atoms with van der Waals surface area (Å²) >= 11 is 7.36. The number of rotatable bonds is 8. The second-order valence-electron chi connectivity index (χ2n) is 7.37. The number of aromatic nitrogens is 2. The zero-order valence-corrected chi connectivity index (χ0v) is 19.7. The van der Waals surface area contributed by atoms with Crippen LogP contribution in [0.15, 0.2) is 65.6 Å². The number of hydrogen-bond donors (Lipinski definition) is 3. The third-order valence-electron chi connectivity index (χ3n) is 5.27. The zero-order chi connectivity index (χ0) is 24.2. The minimum absolute atomic E-state index is 0.258. The number of aliphatic hydroxyl groups is 2. The van der Waals surface area contributed by atoms with Crippen molar-refractivity contribution < 1.29 is 19.7 Å². The first-order valence-electron chi connectivity index (χ1n) is 10.2. The second-order valence-corrected chi connectivity index (χ2v) is 9.09. The average molecular weight is 497 g/mol. The van der Waals surface area contributed by atoms with E-state index in [1.54, 1.807) is 54.7 Å². The molecule has 0 bridgehead atoms. The number of aliphatic hydroxyl groups excluding tert-OH is 2. The van der Waals surface area contributed by atoms with Gasteiger partial charge in [0.05, 0.1) is 40.9 Å². The smallest absolute Gasteiger partial charge is 0.330 e. The fourth-order valence-electron chi connectivity index (χ4n) is 3.57. The standard InChI is InChI=1S/C25H21ClN2O5S/c1-33-22-10-15(9-17(13-29)19(22)14-30)5-6-21(31)16-3-2-4-18(11-16)28-12-20(27-25(28)32)23-7-8-24(26)34-23/h2-12,29-30H,13-14H2,1H3,(H,27,32). The highest BCUT2D eigenvalue weighted by Crippen LogP contribution is 2.30. The monoisotopic (exact) mass is 496 g/mol. The van der Waals surface area contributed by atoms with E-state index in [1.165, 1.54) is 29.1 Å². The Morgan fingerprint density at radius 3 is 2.68 bits per heavy atom. The molecule has 174 valence electrons. The molecule has 0 fully saturated rings. The summed E-state index contributed by atoms with van der Waals surface area (Å²) in [4.78, 5) is 29.0. The van der Waals surface area contributed by atoms with Crippen molar-refractivity contribution in [2.24, 2.45) is 0 Å². The van der Waals surface area contributed by atoms with Crippen molar-refractivity contribution >= 4 is 34.8 Å². The van der Waals surface area contributed by atoms with Gasteiger partial charge < -0.3 is 19.9 Å². The predicted octanol–water partition coefficient (Wildman–Crippen LogP) is 4.44. The lowest BCUT2D eigenvalue weighted by molar-refractivity contribution is 0.104. The molecule has 2 aromatic heterocycles. The van der Waals surface area contributed by atoms with Gasteiger partial charge in [-0.25, -0.2) is 4.79 Å². The van der Waals surface area contributed by atoms with Crippen LogP contribution in [0.4, 0.5) is 0 Å². The van der Waals surface area contributed by atoms with Crippen LogP contribution >= 0.6 is 22.9 Å². The highest BCUT2D eigenvalue weighted by Gasteiger charge is 2.12. The fourth-order valence-corrected chi connectivity index (χ4v) is 4.58. The Morgan fingerprint density at radius 1 is 1.18 bits per heavy atom. The summed E-state index contributed by atoms with van der Waals surface area (Å²) in [6, 6.07) is 13.7. The third kappa shape index (κ3) is 4.90. The molecule has 0 aliphatic rings. The van der Waals surface area contributed by atoms with Crippen molar-refractivity contribution in [1.29, 1.82) is 0 Å². The number of ether oxygens (including phenoxy) is 1.